The van der Waals surface area contributed by atoms with Gasteiger partial charge in [0.25, 0.3) is 0 Å². The molecule has 0 bridgehead atoms. The Morgan fingerprint density at radius 3 is 1.52 bits per heavy atom. The van der Waals surface area contributed by atoms with Gasteiger partial charge in [-0.05, 0) is 32.1 Å². The summed E-state index contributed by atoms with van der Waals surface area (Å²) in [6.07, 6.45) is 22.2. The average Bonchev–Trinajstić information content (AvgIpc) is 2.73. The Labute approximate surface area is 179 Å². The van der Waals surface area contributed by atoms with Crippen LogP contribution in [-0.2, 0) is 18.1 Å². The fourth-order valence-corrected chi connectivity index (χ4v) is 4.20. The first-order valence-corrected chi connectivity index (χ1v) is 13.2. The highest BCUT2D eigenvalue weighted by Gasteiger charge is 2.25. The van der Waals surface area contributed by atoms with Crippen LogP contribution in [0.4, 0.5) is 0 Å². The van der Waals surface area contributed by atoms with Crippen molar-refractivity contribution in [3.8, 4) is 0 Å². The summed E-state index contributed by atoms with van der Waals surface area (Å²) in [7, 11) is -3.51. The van der Waals surface area contributed by atoms with Gasteiger partial charge < -0.3 is 11.5 Å². The number of phosphoric ester groups is 1. The van der Waals surface area contributed by atoms with Gasteiger partial charge >= 0.3 is 7.82 Å². The van der Waals surface area contributed by atoms with Gasteiger partial charge in [-0.15, -0.1) is 0 Å². The highest BCUT2D eigenvalue weighted by atomic mass is 31.2. The van der Waals surface area contributed by atoms with Crippen molar-refractivity contribution in [2.45, 2.75) is 96.8 Å². The second-order valence-corrected chi connectivity index (χ2v) is 9.13. The molecule has 0 heterocycles. The van der Waals surface area contributed by atoms with Gasteiger partial charge in [0.05, 0.1) is 19.8 Å². The smallest absolute Gasteiger partial charge is 0.328 e. The molecule has 29 heavy (non-hydrogen) atoms. The molecule has 0 rings (SSSR count). The van der Waals surface area contributed by atoms with Gasteiger partial charge in [0.1, 0.15) is 0 Å². The van der Waals surface area contributed by atoms with Crippen molar-refractivity contribution in [3.05, 3.63) is 12.2 Å². The molecule has 0 aromatic heterocycles. The van der Waals surface area contributed by atoms with Gasteiger partial charge in [0, 0.05) is 13.1 Å². The van der Waals surface area contributed by atoms with Crippen LogP contribution >= 0.6 is 7.82 Å². The molecular formula is C22H47N2O4P. The molecule has 7 heteroatoms. The molecule has 0 saturated carbocycles. The molecule has 0 aromatic carbocycles. The number of hydrogen-bond acceptors (Lipinski definition) is 6. The second kappa shape index (κ2) is 22.5. The highest BCUT2D eigenvalue weighted by molar-refractivity contribution is 7.48. The lowest BCUT2D eigenvalue weighted by molar-refractivity contribution is 0.116. The van der Waals surface area contributed by atoms with Gasteiger partial charge in [0.2, 0.25) is 0 Å². The quantitative estimate of drug-likeness (QED) is 0.115. The Hall–Kier alpha value is -0.230. The highest BCUT2D eigenvalue weighted by Crippen LogP contribution is 2.49. The third-order valence-electron chi connectivity index (χ3n) is 4.64. The zero-order chi connectivity index (χ0) is 21.5. The second-order valence-electron chi connectivity index (χ2n) is 7.46. The Morgan fingerprint density at radius 1 is 0.621 bits per heavy atom. The van der Waals surface area contributed by atoms with Crippen LogP contribution in [-0.4, -0.2) is 32.9 Å². The van der Waals surface area contributed by atoms with E-state index in [9.17, 15) is 4.57 Å². The molecule has 0 saturated heterocycles. The van der Waals surface area contributed by atoms with E-state index in [4.69, 9.17) is 25.0 Å². The number of unbranched alkanes of at least 4 members (excludes halogenated alkanes) is 12. The standard InChI is InChI=1S/C22H47N2O4P/c1-2-3-4-5-6-7-8-9-10-11-12-13-14-15-16-17-20-26-29(25,27-21-18-23)28-22-19-24/h9-10H,2-8,11-24H2,1H3/b10-9-. The molecule has 0 fully saturated rings. The molecule has 0 aliphatic rings. The van der Waals surface area contributed by atoms with Crippen LogP contribution < -0.4 is 11.5 Å². The van der Waals surface area contributed by atoms with E-state index >= 15 is 0 Å². The zero-order valence-electron chi connectivity index (χ0n) is 18.8. The van der Waals surface area contributed by atoms with Crippen molar-refractivity contribution >= 4 is 7.82 Å². The molecule has 4 N–H and O–H groups in total. The first kappa shape index (κ1) is 28.8. The monoisotopic (exact) mass is 434 g/mol. The van der Waals surface area contributed by atoms with E-state index in [1.807, 2.05) is 0 Å². The van der Waals surface area contributed by atoms with Crippen molar-refractivity contribution in [1.82, 2.24) is 0 Å². The zero-order valence-corrected chi connectivity index (χ0v) is 19.7. The van der Waals surface area contributed by atoms with Crippen molar-refractivity contribution in [3.63, 3.8) is 0 Å². The van der Waals surface area contributed by atoms with Gasteiger partial charge in [-0.3, -0.25) is 13.6 Å². The summed E-state index contributed by atoms with van der Waals surface area (Å²) in [6, 6.07) is 0. The number of allylic oxidation sites excluding steroid dienone is 2. The van der Waals surface area contributed by atoms with Crippen LogP contribution in [0.2, 0.25) is 0 Å². The molecule has 0 aliphatic heterocycles. The minimum atomic E-state index is -3.51. The molecule has 0 amide bonds. The fraction of sp³-hybridized carbons (Fsp3) is 0.909. The summed E-state index contributed by atoms with van der Waals surface area (Å²) >= 11 is 0. The molecule has 0 aromatic rings. The first-order chi connectivity index (χ1) is 14.2. The third-order valence-corrected chi connectivity index (χ3v) is 6.14. The summed E-state index contributed by atoms with van der Waals surface area (Å²) in [4.78, 5) is 0. The van der Waals surface area contributed by atoms with Crippen molar-refractivity contribution in [2.75, 3.05) is 32.9 Å². The average molecular weight is 435 g/mol. The van der Waals surface area contributed by atoms with E-state index in [-0.39, 0.29) is 26.3 Å². The summed E-state index contributed by atoms with van der Waals surface area (Å²) in [5.74, 6) is 0. The van der Waals surface area contributed by atoms with Gasteiger partial charge in [-0.25, -0.2) is 4.57 Å². The Kier molecular flexibility index (Phi) is 22.3. The van der Waals surface area contributed by atoms with E-state index in [1.165, 1.54) is 77.0 Å². The minimum absolute atomic E-state index is 0.148. The van der Waals surface area contributed by atoms with Crippen LogP contribution in [0.25, 0.3) is 0 Å². The predicted molar refractivity (Wildman–Crippen MR) is 123 cm³/mol. The lowest BCUT2D eigenvalue weighted by Crippen LogP contribution is -2.13. The van der Waals surface area contributed by atoms with E-state index in [2.05, 4.69) is 19.1 Å². The predicted octanol–water partition coefficient (Wildman–Crippen LogP) is 6.10. The van der Waals surface area contributed by atoms with E-state index < -0.39 is 7.82 Å². The number of phosphoric acid groups is 1. The van der Waals surface area contributed by atoms with Crippen molar-refractivity contribution in [2.24, 2.45) is 11.5 Å². The van der Waals surface area contributed by atoms with Crippen LogP contribution in [0.5, 0.6) is 0 Å². The largest absolute Gasteiger partial charge is 0.474 e. The van der Waals surface area contributed by atoms with Gasteiger partial charge in [-0.1, -0.05) is 76.9 Å². The fourth-order valence-electron chi connectivity index (χ4n) is 2.97. The van der Waals surface area contributed by atoms with Crippen LogP contribution in [0.1, 0.15) is 96.8 Å². The number of nitrogens with two attached hydrogens (primary N) is 2. The topological polar surface area (TPSA) is 96.8 Å². The van der Waals surface area contributed by atoms with Crippen LogP contribution in [0, 0.1) is 0 Å². The first-order valence-electron chi connectivity index (χ1n) is 11.8. The van der Waals surface area contributed by atoms with Crippen molar-refractivity contribution < 1.29 is 18.1 Å². The van der Waals surface area contributed by atoms with E-state index in [0.29, 0.717) is 6.61 Å². The molecule has 174 valence electrons. The molecular weight excluding hydrogens is 387 g/mol. The normalized spacial score (nSPS) is 12.2. The Morgan fingerprint density at radius 2 is 1.03 bits per heavy atom. The maximum atomic E-state index is 12.3. The van der Waals surface area contributed by atoms with Crippen molar-refractivity contribution in [1.29, 1.82) is 0 Å². The summed E-state index contributed by atoms with van der Waals surface area (Å²) in [5, 5.41) is 0. The molecule has 0 unspecified atom stereocenters. The van der Waals surface area contributed by atoms with E-state index in [0.717, 1.165) is 12.8 Å². The number of hydrogen-bond donors (Lipinski definition) is 2. The minimum Gasteiger partial charge on any atom is -0.328 e. The Balaban J connectivity index is 3.47. The summed E-state index contributed by atoms with van der Waals surface area (Å²) < 4.78 is 27.9. The van der Waals surface area contributed by atoms with Gasteiger partial charge in [-0.2, -0.15) is 0 Å². The molecule has 0 atom stereocenters. The van der Waals surface area contributed by atoms with Crippen LogP contribution in [0.15, 0.2) is 12.2 Å². The van der Waals surface area contributed by atoms with E-state index in [1.54, 1.807) is 0 Å². The Bertz CT molecular complexity index is 396. The van der Waals surface area contributed by atoms with Crippen LogP contribution in [0.3, 0.4) is 0 Å². The van der Waals surface area contributed by atoms with Gasteiger partial charge in [0.15, 0.2) is 0 Å². The maximum absolute atomic E-state index is 12.3. The molecule has 6 nitrogen and oxygen atoms in total. The molecule has 0 radical (unpaired) electrons. The number of rotatable bonds is 23. The third kappa shape index (κ3) is 20.8. The SMILES string of the molecule is CCCCCCCC/C=C\CCCCCCCCOP(=O)(OCCN)OCCN. The maximum Gasteiger partial charge on any atom is 0.474 e. The lowest BCUT2D eigenvalue weighted by Gasteiger charge is -2.17. The summed E-state index contributed by atoms with van der Waals surface area (Å²) in [6.45, 7) is 3.47. The lowest BCUT2D eigenvalue weighted by atomic mass is 10.1. The molecule has 0 spiro atoms. The molecule has 0 aliphatic carbocycles. The summed E-state index contributed by atoms with van der Waals surface area (Å²) in [5.41, 5.74) is 10.7.